The molecule has 0 spiro atoms. The van der Waals surface area contributed by atoms with E-state index in [1.54, 1.807) is 37.4 Å². The number of hydrogen-bond acceptors (Lipinski definition) is 5. The standard InChI is InChI=1S/C26H26N4O3/c1-3-30(17-23-28-22-12-8-7-11-21(22)25(31)29-23)24(18-9-5-4-6-10-18)26(32)27-19-13-15-20(33-2)16-14-19/h4-16,24H,3,17H2,1-2H3,(H,27,32)(H,28,29,31). The molecule has 3 aromatic carbocycles. The number of aromatic amines is 1. The topological polar surface area (TPSA) is 87.3 Å². The smallest absolute Gasteiger partial charge is 0.258 e. The van der Waals surface area contributed by atoms with E-state index in [2.05, 4.69) is 15.3 Å². The molecular formula is C26H26N4O3. The molecule has 0 saturated heterocycles. The minimum Gasteiger partial charge on any atom is -0.497 e. The number of nitrogens with one attached hydrogen (secondary N) is 2. The van der Waals surface area contributed by atoms with Crippen molar-refractivity contribution in [3.05, 3.63) is 101 Å². The molecule has 33 heavy (non-hydrogen) atoms. The second kappa shape index (κ2) is 10.1. The predicted molar refractivity (Wildman–Crippen MR) is 129 cm³/mol. The van der Waals surface area contributed by atoms with Gasteiger partial charge in [0.05, 0.1) is 24.6 Å². The predicted octanol–water partition coefficient (Wildman–Crippen LogP) is 4.13. The van der Waals surface area contributed by atoms with Crippen molar-refractivity contribution in [2.24, 2.45) is 0 Å². The second-order valence-corrected chi connectivity index (χ2v) is 7.62. The van der Waals surface area contributed by atoms with Gasteiger partial charge in [-0.25, -0.2) is 4.98 Å². The quantitative estimate of drug-likeness (QED) is 0.428. The van der Waals surface area contributed by atoms with Gasteiger partial charge in [0.25, 0.3) is 5.56 Å². The number of para-hydroxylation sites is 1. The van der Waals surface area contributed by atoms with Gasteiger partial charge in [0.2, 0.25) is 5.91 Å². The zero-order valence-electron chi connectivity index (χ0n) is 18.6. The number of ether oxygens (including phenoxy) is 1. The molecule has 4 rings (SSSR count). The fraction of sp³-hybridized carbons (Fsp3) is 0.192. The number of benzene rings is 3. The molecule has 0 saturated carbocycles. The first-order chi connectivity index (χ1) is 16.1. The van der Waals surface area contributed by atoms with E-state index < -0.39 is 6.04 Å². The van der Waals surface area contributed by atoms with Crippen LogP contribution in [0.5, 0.6) is 5.75 Å². The normalized spacial score (nSPS) is 12.0. The maximum atomic E-state index is 13.5. The van der Waals surface area contributed by atoms with E-state index in [4.69, 9.17) is 4.74 Å². The summed E-state index contributed by atoms with van der Waals surface area (Å²) in [5.41, 5.74) is 1.97. The Morgan fingerprint density at radius 2 is 1.73 bits per heavy atom. The second-order valence-electron chi connectivity index (χ2n) is 7.62. The molecule has 0 fully saturated rings. The van der Waals surface area contributed by atoms with Gasteiger partial charge in [-0.15, -0.1) is 0 Å². The molecule has 1 unspecified atom stereocenters. The first-order valence-electron chi connectivity index (χ1n) is 10.8. The number of aromatic nitrogens is 2. The summed E-state index contributed by atoms with van der Waals surface area (Å²) < 4.78 is 5.20. The van der Waals surface area contributed by atoms with Crippen molar-refractivity contribution in [2.45, 2.75) is 19.5 Å². The molecule has 0 aliphatic rings. The van der Waals surface area contributed by atoms with Crippen LogP contribution in [-0.2, 0) is 11.3 Å². The average Bonchev–Trinajstić information content (AvgIpc) is 2.85. The number of amides is 1. The molecule has 1 aromatic heterocycles. The van der Waals surface area contributed by atoms with Gasteiger partial charge in [0.1, 0.15) is 17.6 Å². The van der Waals surface area contributed by atoms with Crippen LogP contribution in [0.3, 0.4) is 0 Å². The summed E-state index contributed by atoms with van der Waals surface area (Å²) in [4.78, 5) is 35.5. The number of carbonyl (C=O) groups excluding carboxylic acids is 1. The lowest BCUT2D eigenvalue weighted by atomic mass is 10.0. The summed E-state index contributed by atoms with van der Waals surface area (Å²) in [5, 5.41) is 3.55. The summed E-state index contributed by atoms with van der Waals surface area (Å²) in [5.74, 6) is 1.06. The Bertz CT molecular complexity index is 1290. The van der Waals surface area contributed by atoms with Crippen molar-refractivity contribution in [3.8, 4) is 5.75 Å². The number of carbonyl (C=O) groups is 1. The molecule has 168 valence electrons. The maximum Gasteiger partial charge on any atom is 0.258 e. The van der Waals surface area contributed by atoms with Gasteiger partial charge < -0.3 is 15.0 Å². The molecule has 0 aliphatic carbocycles. The molecular weight excluding hydrogens is 416 g/mol. The molecule has 7 heteroatoms. The van der Waals surface area contributed by atoms with Crippen molar-refractivity contribution in [1.29, 1.82) is 0 Å². The van der Waals surface area contributed by atoms with E-state index in [1.165, 1.54) is 0 Å². The highest BCUT2D eigenvalue weighted by molar-refractivity contribution is 5.95. The van der Waals surface area contributed by atoms with Gasteiger partial charge in [-0.1, -0.05) is 49.4 Å². The van der Waals surface area contributed by atoms with E-state index in [9.17, 15) is 9.59 Å². The Labute approximate surface area is 192 Å². The minimum absolute atomic E-state index is 0.170. The Morgan fingerprint density at radius 1 is 1.03 bits per heavy atom. The van der Waals surface area contributed by atoms with Crippen molar-refractivity contribution in [3.63, 3.8) is 0 Å². The Kier molecular flexibility index (Phi) is 6.80. The van der Waals surface area contributed by atoms with Crippen LogP contribution in [0.4, 0.5) is 5.69 Å². The number of methoxy groups -OCH3 is 1. The number of fused-ring (bicyclic) bond motifs is 1. The molecule has 2 N–H and O–H groups in total. The van der Waals surface area contributed by atoms with Gasteiger partial charge in [0, 0.05) is 5.69 Å². The maximum absolute atomic E-state index is 13.5. The Balaban J connectivity index is 1.65. The van der Waals surface area contributed by atoms with Gasteiger partial charge in [-0.3, -0.25) is 14.5 Å². The van der Waals surface area contributed by atoms with Crippen molar-refractivity contribution in [2.75, 3.05) is 19.0 Å². The summed E-state index contributed by atoms with van der Waals surface area (Å²) in [7, 11) is 1.60. The summed E-state index contributed by atoms with van der Waals surface area (Å²) >= 11 is 0. The van der Waals surface area contributed by atoms with E-state index >= 15 is 0 Å². The fourth-order valence-corrected chi connectivity index (χ4v) is 3.84. The fourth-order valence-electron chi connectivity index (χ4n) is 3.84. The number of H-pyrrole nitrogens is 1. The van der Waals surface area contributed by atoms with Gasteiger partial charge >= 0.3 is 0 Å². The van der Waals surface area contributed by atoms with Crippen LogP contribution in [0.15, 0.2) is 83.7 Å². The highest BCUT2D eigenvalue weighted by atomic mass is 16.5. The zero-order chi connectivity index (χ0) is 23.2. The van der Waals surface area contributed by atoms with Crippen LogP contribution in [0.2, 0.25) is 0 Å². The number of nitrogens with zero attached hydrogens (tertiary/aromatic N) is 2. The zero-order valence-corrected chi connectivity index (χ0v) is 18.6. The molecule has 1 amide bonds. The van der Waals surface area contributed by atoms with Crippen molar-refractivity contribution in [1.82, 2.24) is 14.9 Å². The number of likely N-dealkylation sites (N-methyl/N-ethyl adjacent to an activating group) is 1. The molecule has 1 heterocycles. The van der Waals surface area contributed by atoms with Crippen molar-refractivity contribution >= 4 is 22.5 Å². The van der Waals surface area contributed by atoms with Crippen LogP contribution < -0.4 is 15.6 Å². The average molecular weight is 443 g/mol. The molecule has 4 aromatic rings. The number of hydrogen-bond donors (Lipinski definition) is 2. The minimum atomic E-state index is -0.574. The third kappa shape index (κ3) is 5.10. The largest absolute Gasteiger partial charge is 0.497 e. The highest BCUT2D eigenvalue weighted by Gasteiger charge is 2.27. The van der Waals surface area contributed by atoms with Crippen LogP contribution >= 0.6 is 0 Å². The third-order valence-electron chi connectivity index (χ3n) is 5.51. The Hall–Kier alpha value is -3.97. The van der Waals surface area contributed by atoms with Gasteiger partial charge in [-0.2, -0.15) is 0 Å². The van der Waals surface area contributed by atoms with Gasteiger partial charge in [-0.05, 0) is 48.5 Å². The molecule has 0 bridgehead atoms. The first kappa shape index (κ1) is 22.2. The first-order valence-corrected chi connectivity index (χ1v) is 10.8. The van der Waals surface area contributed by atoms with Crippen LogP contribution in [-0.4, -0.2) is 34.4 Å². The van der Waals surface area contributed by atoms with Gasteiger partial charge in [0.15, 0.2) is 0 Å². The lowest BCUT2D eigenvalue weighted by Gasteiger charge is -2.29. The SMILES string of the molecule is CCN(Cc1nc2ccccc2c(=O)[nH]1)C(C(=O)Nc1ccc(OC)cc1)c1ccccc1. The highest BCUT2D eigenvalue weighted by Crippen LogP contribution is 2.25. The third-order valence-corrected chi connectivity index (χ3v) is 5.51. The number of rotatable bonds is 8. The molecule has 7 nitrogen and oxygen atoms in total. The summed E-state index contributed by atoms with van der Waals surface area (Å²) in [6.45, 7) is 2.87. The van der Waals surface area contributed by atoms with Crippen LogP contribution in [0, 0.1) is 0 Å². The van der Waals surface area contributed by atoms with E-state index in [1.807, 2.05) is 60.4 Å². The molecule has 1 atom stereocenters. The molecule has 0 aliphatic heterocycles. The summed E-state index contributed by atoms with van der Waals surface area (Å²) in [6.07, 6.45) is 0. The monoisotopic (exact) mass is 442 g/mol. The number of anilines is 1. The van der Waals surface area contributed by atoms with Crippen LogP contribution in [0.1, 0.15) is 24.4 Å². The van der Waals surface area contributed by atoms with E-state index in [0.717, 1.165) is 5.56 Å². The lowest BCUT2D eigenvalue weighted by Crippen LogP contribution is -2.37. The Morgan fingerprint density at radius 3 is 2.42 bits per heavy atom. The molecule has 0 radical (unpaired) electrons. The summed E-state index contributed by atoms with van der Waals surface area (Å²) in [6, 6.07) is 23.5. The van der Waals surface area contributed by atoms with E-state index in [-0.39, 0.29) is 11.5 Å². The van der Waals surface area contributed by atoms with E-state index in [0.29, 0.717) is 41.3 Å². The lowest BCUT2D eigenvalue weighted by molar-refractivity contribution is -0.121. The van der Waals surface area contributed by atoms with Crippen molar-refractivity contribution < 1.29 is 9.53 Å². The van der Waals surface area contributed by atoms with Crippen LogP contribution in [0.25, 0.3) is 10.9 Å².